The second kappa shape index (κ2) is 7.25. The number of halogens is 5. The lowest BCUT2D eigenvalue weighted by Crippen LogP contribution is -2.04. The maximum Gasteiger partial charge on any atom is 0.416 e. The number of hydrogen-bond acceptors (Lipinski definition) is 2. The number of carbonyl (C=O) groups excluding carboxylic acids is 1. The largest absolute Gasteiger partial charge is 0.435 e. The summed E-state index contributed by atoms with van der Waals surface area (Å²) in [4.78, 5) is 10.8. The minimum atomic E-state index is -4.46. The summed E-state index contributed by atoms with van der Waals surface area (Å²) in [5, 5.41) is 0. The molecule has 0 N–H and O–H groups in total. The van der Waals surface area contributed by atoms with Crippen LogP contribution in [0.5, 0.6) is 5.75 Å². The van der Waals surface area contributed by atoms with Gasteiger partial charge in [0.05, 0.1) is 5.56 Å². The number of alkyl halides is 5. The van der Waals surface area contributed by atoms with Gasteiger partial charge in [0.25, 0.3) is 0 Å². The Bertz CT molecular complexity index is 751. The summed E-state index contributed by atoms with van der Waals surface area (Å²) in [6.07, 6.45) is -1.22. The Kier molecular flexibility index (Phi) is 5.33. The van der Waals surface area contributed by atoms with Crippen molar-refractivity contribution in [1.29, 1.82) is 0 Å². The molecule has 2 aromatic carbocycles. The Morgan fingerprint density at radius 3 is 2.21 bits per heavy atom. The summed E-state index contributed by atoms with van der Waals surface area (Å²) >= 11 is 0. The molecular weight excluding hydrogens is 331 g/mol. The summed E-state index contributed by atoms with van der Waals surface area (Å²) in [5.41, 5.74) is -0.0739. The normalized spacial score (nSPS) is 11.9. The quantitative estimate of drug-likeness (QED) is 0.419. The highest BCUT2D eigenvalue weighted by Crippen LogP contribution is 2.30. The molecule has 2 rings (SSSR count). The Balaban J connectivity index is 2.30. The van der Waals surface area contributed by atoms with E-state index >= 15 is 0 Å². The van der Waals surface area contributed by atoms with Crippen LogP contribution in [0.3, 0.4) is 0 Å². The van der Waals surface area contributed by atoms with E-state index in [1.807, 2.05) is 0 Å². The predicted octanol–water partition coefficient (Wildman–Crippen LogP) is 5.29. The number of benzene rings is 2. The molecule has 0 saturated heterocycles. The van der Waals surface area contributed by atoms with Crippen molar-refractivity contribution >= 4 is 18.4 Å². The van der Waals surface area contributed by atoms with E-state index in [1.165, 1.54) is 36.4 Å². The summed E-state index contributed by atoms with van der Waals surface area (Å²) < 4.78 is 66.7. The van der Waals surface area contributed by atoms with Crippen LogP contribution in [0.25, 0.3) is 12.2 Å². The first-order chi connectivity index (χ1) is 11.3. The van der Waals surface area contributed by atoms with Gasteiger partial charge in [0, 0.05) is 5.56 Å². The van der Waals surface area contributed by atoms with Gasteiger partial charge in [-0.05, 0) is 41.5 Å². The Labute approximate surface area is 134 Å². The van der Waals surface area contributed by atoms with Crippen molar-refractivity contribution in [2.45, 2.75) is 12.8 Å². The van der Waals surface area contributed by atoms with E-state index in [1.54, 1.807) is 0 Å². The molecule has 0 unspecified atom stereocenters. The zero-order valence-corrected chi connectivity index (χ0v) is 12.1. The lowest BCUT2D eigenvalue weighted by Gasteiger charge is -2.07. The third kappa shape index (κ3) is 4.91. The van der Waals surface area contributed by atoms with Gasteiger partial charge in [-0.3, -0.25) is 4.79 Å². The number of hydrogen-bond donors (Lipinski definition) is 0. The molecule has 0 fully saturated rings. The van der Waals surface area contributed by atoms with Crippen molar-refractivity contribution < 1.29 is 31.5 Å². The van der Waals surface area contributed by atoms with Gasteiger partial charge in [-0.1, -0.05) is 24.3 Å². The fraction of sp³-hybridized carbons (Fsp3) is 0.118. The van der Waals surface area contributed by atoms with Crippen molar-refractivity contribution in [3.63, 3.8) is 0 Å². The minimum Gasteiger partial charge on any atom is -0.435 e. The summed E-state index contributed by atoms with van der Waals surface area (Å²) in [6, 6.07) is 8.41. The van der Waals surface area contributed by atoms with Gasteiger partial charge in [-0.15, -0.1) is 0 Å². The molecule has 0 radical (unpaired) electrons. The molecular formula is C17H11F5O2. The second-order valence-corrected chi connectivity index (χ2v) is 4.79. The van der Waals surface area contributed by atoms with Crippen LogP contribution in [-0.4, -0.2) is 12.9 Å². The zero-order chi connectivity index (χ0) is 17.7. The molecule has 0 spiro atoms. The van der Waals surface area contributed by atoms with Crippen molar-refractivity contribution in [3.05, 3.63) is 64.7 Å². The Morgan fingerprint density at radius 2 is 1.58 bits per heavy atom. The third-order valence-corrected chi connectivity index (χ3v) is 2.99. The molecule has 0 aromatic heterocycles. The van der Waals surface area contributed by atoms with Gasteiger partial charge < -0.3 is 4.74 Å². The van der Waals surface area contributed by atoms with Crippen LogP contribution >= 0.6 is 0 Å². The van der Waals surface area contributed by atoms with Gasteiger partial charge in [0.15, 0.2) is 0 Å². The van der Waals surface area contributed by atoms with Crippen LogP contribution in [0.15, 0.2) is 42.5 Å². The highest BCUT2D eigenvalue weighted by Gasteiger charge is 2.30. The molecule has 7 heteroatoms. The average Bonchev–Trinajstić information content (AvgIpc) is 2.51. The highest BCUT2D eigenvalue weighted by atomic mass is 19.4. The third-order valence-electron chi connectivity index (χ3n) is 2.99. The van der Waals surface area contributed by atoms with Crippen molar-refractivity contribution in [3.8, 4) is 5.75 Å². The van der Waals surface area contributed by atoms with E-state index in [-0.39, 0.29) is 16.9 Å². The standard InChI is InChI=1S/C17H11F5O2/c18-16(19)24-15-8-12(6-13(9-15)10-23)5-4-11-2-1-3-14(7-11)17(20,21)22/h1-10,16H/b5-4+. The highest BCUT2D eigenvalue weighted by molar-refractivity contribution is 5.79. The fourth-order valence-corrected chi connectivity index (χ4v) is 1.99. The molecule has 24 heavy (non-hydrogen) atoms. The van der Waals surface area contributed by atoms with Gasteiger partial charge in [0.1, 0.15) is 12.0 Å². The molecule has 0 heterocycles. The summed E-state index contributed by atoms with van der Waals surface area (Å²) in [7, 11) is 0. The minimum absolute atomic E-state index is 0.108. The van der Waals surface area contributed by atoms with Crippen molar-refractivity contribution in [1.82, 2.24) is 0 Å². The maximum atomic E-state index is 12.7. The fourth-order valence-electron chi connectivity index (χ4n) is 1.99. The molecule has 0 aliphatic heterocycles. The predicted molar refractivity (Wildman–Crippen MR) is 78.8 cm³/mol. The van der Waals surface area contributed by atoms with Crippen LogP contribution in [-0.2, 0) is 6.18 Å². The average molecular weight is 342 g/mol. The molecule has 0 atom stereocenters. The second-order valence-electron chi connectivity index (χ2n) is 4.79. The zero-order valence-electron chi connectivity index (χ0n) is 12.1. The topological polar surface area (TPSA) is 26.3 Å². The van der Waals surface area contributed by atoms with Crippen LogP contribution < -0.4 is 4.74 Å². The Hall–Kier alpha value is -2.70. The van der Waals surface area contributed by atoms with Crippen molar-refractivity contribution in [2.75, 3.05) is 0 Å². The van der Waals surface area contributed by atoms with Crippen molar-refractivity contribution in [2.24, 2.45) is 0 Å². The molecule has 126 valence electrons. The number of carbonyl (C=O) groups is 1. The van der Waals surface area contributed by atoms with Gasteiger partial charge in [-0.2, -0.15) is 22.0 Å². The van der Waals surface area contributed by atoms with Gasteiger partial charge >= 0.3 is 12.8 Å². The molecule has 2 aromatic rings. The van der Waals surface area contributed by atoms with Crippen LogP contribution in [0.1, 0.15) is 27.0 Å². The molecule has 0 aliphatic carbocycles. The smallest absolute Gasteiger partial charge is 0.416 e. The van der Waals surface area contributed by atoms with Crippen LogP contribution in [0.2, 0.25) is 0 Å². The monoisotopic (exact) mass is 342 g/mol. The van der Waals surface area contributed by atoms with Crippen LogP contribution in [0, 0.1) is 0 Å². The van der Waals surface area contributed by atoms with E-state index in [0.717, 1.165) is 18.2 Å². The maximum absolute atomic E-state index is 12.7. The van der Waals surface area contributed by atoms with E-state index in [9.17, 15) is 26.7 Å². The first-order valence-electron chi connectivity index (χ1n) is 6.68. The first-order valence-corrected chi connectivity index (χ1v) is 6.68. The molecule has 2 nitrogen and oxygen atoms in total. The molecule has 0 aliphatic rings. The van der Waals surface area contributed by atoms with Crippen LogP contribution in [0.4, 0.5) is 22.0 Å². The lowest BCUT2D eigenvalue weighted by atomic mass is 10.1. The number of ether oxygens (including phenoxy) is 1. The lowest BCUT2D eigenvalue weighted by molar-refractivity contribution is -0.137. The SMILES string of the molecule is O=Cc1cc(/C=C/c2cccc(C(F)(F)F)c2)cc(OC(F)F)c1. The summed E-state index contributed by atoms with van der Waals surface area (Å²) in [5.74, 6) is -0.210. The number of aldehydes is 1. The summed E-state index contributed by atoms with van der Waals surface area (Å²) in [6.45, 7) is -3.05. The van der Waals surface area contributed by atoms with E-state index in [4.69, 9.17) is 0 Å². The molecule has 0 saturated carbocycles. The van der Waals surface area contributed by atoms with Gasteiger partial charge in [0.2, 0.25) is 0 Å². The number of rotatable bonds is 5. The van der Waals surface area contributed by atoms with E-state index < -0.39 is 18.4 Å². The van der Waals surface area contributed by atoms with Gasteiger partial charge in [-0.25, -0.2) is 0 Å². The first kappa shape index (κ1) is 17.7. The van der Waals surface area contributed by atoms with E-state index in [2.05, 4.69) is 4.74 Å². The Morgan fingerprint density at radius 1 is 0.917 bits per heavy atom. The molecule has 0 bridgehead atoms. The van der Waals surface area contributed by atoms with E-state index in [0.29, 0.717) is 11.8 Å². The molecule has 0 amide bonds.